The third-order valence-corrected chi connectivity index (χ3v) is 3.36. The van der Waals surface area contributed by atoms with Gasteiger partial charge in [-0.15, -0.1) is 0 Å². The number of halogens is 3. The zero-order valence-electron chi connectivity index (χ0n) is 10.9. The standard InChI is InChI=1S/C15H12BrClFNO2/c16-10-1-6-14(13(18)9-10)19-15(20)7-8-21-12-4-2-11(17)3-5-12/h1-6,9H,7-8H2,(H,19,20). The summed E-state index contributed by atoms with van der Waals surface area (Å²) in [4.78, 5) is 11.7. The number of nitrogens with one attached hydrogen (secondary N) is 1. The number of ether oxygens (including phenoxy) is 1. The van der Waals surface area contributed by atoms with Crippen LogP contribution >= 0.6 is 27.5 Å². The highest BCUT2D eigenvalue weighted by atomic mass is 79.9. The molecular formula is C15H12BrClFNO2. The van der Waals surface area contributed by atoms with Crippen molar-refractivity contribution in [3.8, 4) is 5.75 Å². The normalized spacial score (nSPS) is 10.2. The summed E-state index contributed by atoms with van der Waals surface area (Å²) < 4.78 is 19.6. The second kappa shape index (κ2) is 7.43. The zero-order chi connectivity index (χ0) is 15.2. The van der Waals surface area contributed by atoms with E-state index in [1.54, 1.807) is 30.3 Å². The van der Waals surface area contributed by atoms with Crippen LogP contribution in [-0.4, -0.2) is 12.5 Å². The maximum absolute atomic E-state index is 13.5. The molecule has 0 atom stereocenters. The van der Waals surface area contributed by atoms with Crippen molar-refractivity contribution in [1.82, 2.24) is 0 Å². The molecule has 1 N–H and O–H groups in total. The first-order valence-electron chi connectivity index (χ1n) is 6.18. The SMILES string of the molecule is O=C(CCOc1ccc(Cl)cc1)Nc1ccc(Br)cc1F. The summed E-state index contributed by atoms with van der Waals surface area (Å²) in [5.74, 6) is -0.177. The molecule has 2 rings (SSSR count). The highest BCUT2D eigenvalue weighted by molar-refractivity contribution is 9.10. The lowest BCUT2D eigenvalue weighted by molar-refractivity contribution is -0.116. The minimum Gasteiger partial charge on any atom is -0.493 e. The van der Waals surface area contributed by atoms with Gasteiger partial charge in [0.1, 0.15) is 11.6 Å². The molecule has 0 bridgehead atoms. The summed E-state index contributed by atoms with van der Waals surface area (Å²) >= 11 is 8.91. The first-order valence-corrected chi connectivity index (χ1v) is 7.35. The molecule has 3 nitrogen and oxygen atoms in total. The third kappa shape index (κ3) is 5.02. The smallest absolute Gasteiger partial charge is 0.227 e. The van der Waals surface area contributed by atoms with Gasteiger partial charge in [-0.1, -0.05) is 27.5 Å². The van der Waals surface area contributed by atoms with Crippen LogP contribution in [0.25, 0.3) is 0 Å². The van der Waals surface area contributed by atoms with E-state index >= 15 is 0 Å². The average Bonchev–Trinajstić information content (AvgIpc) is 2.44. The molecule has 0 aliphatic heterocycles. The van der Waals surface area contributed by atoms with E-state index in [9.17, 15) is 9.18 Å². The highest BCUT2D eigenvalue weighted by Crippen LogP contribution is 2.19. The number of carbonyl (C=O) groups excluding carboxylic acids is 1. The second-order valence-corrected chi connectivity index (χ2v) is 5.58. The predicted molar refractivity (Wildman–Crippen MR) is 84.3 cm³/mol. The quantitative estimate of drug-likeness (QED) is 0.830. The summed E-state index contributed by atoms with van der Waals surface area (Å²) in [5.41, 5.74) is 0.148. The molecule has 0 saturated heterocycles. The molecule has 110 valence electrons. The molecule has 0 saturated carbocycles. The Labute approximate surface area is 135 Å². The Kier molecular flexibility index (Phi) is 5.59. The monoisotopic (exact) mass is 371 g/mol. The molecule has 0 aliphatic rings. The van der Waals surface area contributed by atoms with Crippen molar-refractivity contribution < 1.29 is 13.9 Å². The Morgan fingerprint density at radius 1 is 1.24 bits per heavy atom. The largest absolute Gasteiger partial charge is 0.493 e. The van der Waals surface area contributed by atoms with Gasteiger partial charge in [0.15, 0.2) is 0 Å². The fourth-order valence-electron chi connectivity index (χ4n) is 1.60. The van der Waals surface area contributed by atoms with Gasteiger partial charge in [0.25, 0.3) is 0 Å². The van der Waals surface area contributed by atoms with E-state index in [1.165, 1.54) is 12.1 Å². The molecule has 21 heavy (non-hydrogen) atoms. The van der Waals surface area contributed by atoms with Gasteiger partial charge >= 0.3 is 0 Å². The molecule has 6 heteroatoms. The van der Waals surface area contributed by atoms with Crippen molar-refractivity contribution in [3.05, 3.63) is 57.8 Å². The summed E-state index contributed by atoms with van der Waals surface area (Å²) in [5, 5.41) is 3.11. The predicted octanol–water partition coefficient (Wildman–Crippen LogP) is 4.65. The number of hydrogen-bond donors (Lipinski definition) is 1. The van der Waals surface area contributed by atoms with Gasteiger partial charge in [0, 0.05) is 9.50 Å². The van der Waals surface area contributed by atoms with Crippen LogP contribution in [0.3, 0.4) is 0 Å². The van der Waals surface area contributed by atoms with Gasteiger partial charge in [0.2, 0.25) is 5.91 Å². The van der Waals surface area contributed by atoms with Gasteiger partial charge in [-0.3, -0.25) is 4.79 Å². The lowest BCUT2D eigenvalue weighted by Gasteiger charge is -2.08. The average molecular weight is 373 g/mol. The number of amides is 1. The van der Waals surface area contributed by atoms with Gasteiger partial charge in [-0.05, 0) is 42.5 Å². The van der Waals surface area contributed by atoms with Crippen molar-refractivity contribution in [2.24, 2.45) is 0 Å². The highest BCUT2D eigenvalue weighted by Gasteiger charge is 2.07. The fourth-order valence-corrected chi connectivity index (χ4v) is 2.06. The van der Waals surface area contributed by atoms with Crippen molar-refractivity contribution in [3.63, 3.8) is 0 Å². The van der Waals surface area contributed by atoms with E-state index in [0.717, 1.165) is 0 Å². The first kappa shape index (κ1) is 15.8. The van der Waals surface area contributed by atoms with Crippen molar-refractivity contribution >= 4 is 39.1 Å². The molecular weight excluding hydrogens is 361 g/mol. The van der Waals surface area contributed by atoms with E-state index in [4.69, 9.17) is 16.3 Å². The van der Waals surface area contributed by atoms with Crippen molar-refractivity contribution in [2.45, 2.75) is 6.42 Å². The van der Waals surface area contributed by atoms with Crippen LogP contribution in [0.15, 0.2) is 46.9 Å². The molecule has 0 heterocycles. The number of carbonyl (C=O) groups is 1. The van der Waals surface area contributed by atoms with Gasteiger partial charge in [-0.2, -0.15) is 0 Å². The second-order valence-electron chi connectivity index (χ2n) is 4.22. The van der Waals surface area contributed by atoms with E-state index < -0.39 is 5.82 Å². The molecule has 0 radical (unpaired) electrons. The molecule has 1 amide bonds. The Bertz CT molecular complexity index is 634. The number of rotatable bonds is 5. The van der Waals surface area contributed by atoms with E-state index in [0.29, 0.717) is 15.2 Å². The molecule has 0 aliphatic carbocycles. The zero-order valence-corrected chi connectivity index (χ0v) is 13.2. The number of benzene rings is 2. The van der Waals surface area contributed by atoms with Crippen LogP contribution in [0.2, 0.25) is 5.02 Å². The van der Waals surface area contributed by atoms with Crippen molar-refractivity contribution in [1.29, 1.82) is 0 Å². The van der Waals surface area contributed by atoms with Crippen LogP contribution in [-0.2, 0) is 4.79 Å². The number of anilines is 1. The minimum absolute atomic E-state index is 0.123. The molecule has 2 aromatic carbocycles. The van der Waals surface area contributed by atoms with E-state index in [-0.39, 0.29) is 24.6 Å². The lowest BCUT2D eigenvalue weighted by Crippen LogP contribution is -2.16. The first-order chi connectivity index (χ1) is 10.0. The molecule has 0 unspecified atom stereocenters. The Morgan fingerprint density at radius 2 is 1.95 bits per heavy atom. The lowest BCUT2D eigenvalue weighted by atomic mass is 10.3. The summed E-state index contributed by atoms with van der Waals surface area (Å²) in [6.07, 6.45) is 0.123. The van der Waals surface area contributed by atoms with E-state index in [2.05, 4.69) is 21.2 Å². The van der Waals surface area contributed by atoms with Crippen molar-refractivity contribution in [2.75, 3.05) is 11.9 Å². The third-order valence-electron chi connectivity index (χ3n) is 2.62. The van der Waals surface area contributed by atoms with Crippen LogP contribution in [0.4, 0.5) is 10.1 Å². The summed E-state index contributed by atoms with van der Waals surface area (Å²) in [6, 6.07) is 11.3. The fraction of sp³-hybridized carbons (Fsp3) is 0.133. The molecule has 0 aromatic heterocycles. The maximum Gasteiger partial charge on any atom is 0.227 e. The number of hydrogen-bond acceptors (Lipinski definition) is 2. The summed E-state index contributed by atoms with van der Waals surface area (Å²) in [7, 11) is 0. The Morgan fingerprint density at radius 3 is 2.62 bits per heavy atom. The molecule has 2 aromatic rings. The topological polar surface area (TPSA) is 38.3 Å². The maximum atomic E-state index is 13.5. The Hall–Kier alpha value is -1.59. The molecule has 0 fully saturated rings. The van der Waals surface area contributed by atoms with Crippen LogP contribution in [0.5, 0.6) is 5.75 Å². The van der Waals surface area contributed by atoms with E-state index in [1.807, 2.05) is 0 Å². The Balaban J connectivity index is 1.81. The van der Waals surface area contributed by atoms with Crippen LogP contribution < -0.4 is 10.1 Å². The minimum atomic E-state index is -0.489. The van der Waals surface area contributed by atoms with Crippen LogP contribution in [0.1, 0.15) is 6.42 Å². The summed E-state index contributed by atoms with van der Waals surface area (Å²) in [6.45, 7) is 0.200. The molecule has 0 spiro atoms. The van der Waals surface area contributed by atoms with Gasteiger partial charge in [-0.25, -0.2) is 4.39 Å². The van der Waals surface area contributed by atoms with Crippen LogP contribution in [0, 0.1) is 5.82 Å². The van der Waals surface area contributed by atoms with Gasteiger partial charge < -0.3 is 10.1 Å². The van der Waals surface area contributed by atoms with Gasteiger partial charge in [0.05, 0.1) is 18.7 Å².